The van der Waals surface area contributed by atoms with Gasteiger partial charge in [0.2, 0.25) is 5.89 Å². The van der Waals surface area contributed by atoms with E-state index in [4.69, 9.17) is 4.52 Å². The summed E-state index contributed by atoms with van der Waals surface area (Å²) in [6.07, 6.45) is 1.97. The zero-order valence-electron chi connectivity index (χ0n) is 12.9. The number of hydrogen-bond acceptors (Lipinski definition) is 6. The molecule has 118 valence electrons. The molecule has 8 nitrogen and oxygen atoms in total. The fourth-order valence-electron chi connectivity index (χ4n) is 2.90. The predicted octanol–water partition coefficient (Wildman–Crippen LogP) is 0.113. The van der Waals surface area contributed by atoms with E-state index in [2.05, 4.69) is 15.0 Å². The second kappa shape index (κ2) is 5.53. The molecule has 2 aromatic heterocycles. The van der Waals surface area contributed by atoms with Gasteiger partial charge >= 0.3 is 5.69 Å². The molecular formula is C14H19N5O3. The molecule has 1 aliphatic heterocycles. The van der Waals surface area contributed by atoms with Crippen LogP contribution in [0.3, 0.4) is 0 Å². The van der Waals surface area contributed by atoms with Gasteiger partial charge in [-0.1, -0.05) is 5.16 Å². The molecule has 0 amide bonds. The summed E-state index contributed by atoms with van der Waals surface area (Å²) in [5, 5.41) is 4.00. The molecule has 0 aliphatic carbocycles. The molecule has 0 radical (unpaired) electrons. The van der Waals surface area contributed by atoms with Crippen LogP contribution in [-0.4, -0.2) is 30.7 Å². The first kappa shape index (κ1) is 14.7. The van der Waals surface area contributed by atoms with Crippen LogP contribution in [-0.2, 0) is 20.6 Å². The lowest BCUT2D eigenvalue weighted by Gasteiger charge is -2.22. The number of rotatable bonds is 3. The van der Waals surface area contributed by atoms with Crippen LogP contribution < -0.4 is 11.2 Å². The first-order chi connectivity index (χ1) is 10.5. The molecule has 0 aromatic carbocycles. The molecule has 8 heteroatoms. The van der Waals surface area contributed by atoms with Crippen molar-refractivity contribution in [2.75, 3.05) is 6.54 Å². The van der Waals surface area contributed by atoms with E-state index in [9.17, 15) is 9.59 Å². The van der Waals surface area contributed by atoms with Gasteiger partial charge in [-0.15, -0.1) is 0 Å². The summed E-state index contributed by atoms with van der Waals surface area (Å²) in [5.41, 5.74) is 0.0955. The molecule has 1 fully saturated rings. The van der Waals surface area contributed by atoms with Gasteiger partial charge in [0, 0.05) is 39.3 Å². The molecule has 22 heavy (non-hydrogen) atoms. The first-order valence-electron chi connectivity index (χ1n) is 7.27. The number of aryl methyl sites for hydroxylation is 1. The van der Waals surface area contributed by atoms with E-state index in [0.29, 0.717) is 24.0 Å². The minimum absolute atomic E-state index is 0.0663. The summed E-state index contributed by atoms with van der Waals surface area (Å²) in [7, 11) is 3.16. The summed E-state index contributed by atoms with van der Waals surface area (Å²) in [6.45, 7) is 3.15. The summed E-state index contributed by atoms with van der Waals surface area (Å²) in [6, 6.07) is 1.58. The average molecular weight is 305 g/mol. The van der Waals surface area contributed by atoms with E-state index < -0.39 is 0 Å². The quantitative estimate of drug-likeness (QED) is 0.800. The van der Waals surface area contributed by atoms with Crippen molar-refractivity contribution >= 4 is 0 Å². The SMILES string of the molecule is Cc1nc([C@@H]2CCCN2Cc2cc(=O)n(C)c(=O)n2C)no1. The van der Waals surface area contributed by atoms with Crippen molar-refractivity contribution < 1.29 is 4.52 Å². The highest BCUT2D eigenvalue weighted by atomic mass is 16.5. The van der Waals surface area contributed by atoms with Crippen molar-refractivity contribution in [3.05, 3.63) is 44.3 Å². The number of aromatic nitrogens is 4. The van der Waals surface area contributed by atoms with Gasteiger partial charge in [0.05, 0.1) is 6.04 Å². The minimum Gasteiger partial charge on any atom is -0.340 e. The Morgan fingerprint density at radius 1 is 1.32 bits per heavy atom. The predicted molar refractivity (Wildman–Crippen MR) is 78.3 cm³/mol. The van der Waals surface area contributed by atoms with Gasteiger partial charge in [-0.05, 0) is 19.4 Å². The fraction of sp³-hybridized carbons (Fsp3) is 0.571. The van der Waals surface area contributed by atoms with Gasteiger partial charge in [-0.25, -0.2) is 4.79 Å². The molecule has 0 spiro atoms. The van der Waals surface area contributed by atoms with Crippen LogP contribution in [0.15, 0.2) is 20.2 Å². The van der Waals surface area contributed by atoms with Crippen molar-refractivity contribution in [3.63, 3.8) is 0 Å². The van der Waals surface area contributed by atoms with E-state index in [0.717, 1.165) is 24.0 Å². The van der Waals surface area contributed by atoms with E-state index >= 15 is 0 Å². The molecule has 1 atom stereocenters. The van der Waals surface area contributed by atoms with Gasteiger partial charge in [0.25, 0.3) is 5.56 Å². The number of likely N-dealkylation sites (tertiary alicyclic amines) is 1. The molecule has 3 heterocycles. The molecule has 0 bridgehead atoms. The molecule has 2 aromatic rings. The lowest BCUT2D eigenvalue weighted by atomic mass is 10.2. The number of nitrogens with zero attached hydrogens (tertiary/aromatic N) is 5. The van der Waals surface area contributed by atoms with Crippen LogP contribution in [0.1, 0.15) is 36.3 Å². The zero-order chi connectivity index (χ0) is 15.9. The van der Waals surface area contributed by atoms with Gasteiger partial charge in [-0.3, -0.25) is 18.8 Å². The van der Waals surface area contributed by atoms with Crippen LogP contribution in [0.4, 0.5) is 0 Å². The van der Waals surface area contributed by atoms with Crippen LogP contribution in [0.25, 0.3) is 0 Å². The van der Waals surface area contributed by atoms with Gasteiger partial charge in [0.1, 0.15) is 0 Å². The van der Waals surface area contributed by atoms with E-state index in [1.165, 1.54) is 17.7 Å². The van der Waals surface area contributed by atoms with E-state index in [-0.39, 0.29) is 17.3 Å². The highest BCUT2D eigenvalue weighted by Crippen LogP contribution is 2.31. The van der Waals surface area contributed by atoms with Crippen molar-refractivity contribution in [2.24, 2.45) is 14.1 Å². The average Bonchev–Trinajstić information content (AvgIpc) is 3.11. The van der Waals surface area contributed by atoms with Crippen LogP contribution >= 0.6 is 0 Å². The van der Waals surface area contributed by atoms with Crippen molar-refractivity contribution in [1.29, 1.82) is 0 Å². The van der Waals surface area contributed by atoms with Crippen molar-refractivity contribution in [1.82, 2.24) is 24.2 Å². The highest BCUT2D eigenvalue weighted by molar-refractivity contribution is 5.05. The largest absolute Gasteiger partial charge is 0.340 e. The van der Waals surface area contributed by atoms with Crippen LogP contribution in [0.2, 0.25) is 0 Å². The Morgan fingerprint density at radius 3 is 2.77 bits per heavy atom. The van der Waals surface area contributed by atoms with Gasteiger partial charge < -0.3 is 4.52 Å². The van der Waals surface area contributed by atoms with Crippen LogP contribution in [0, 0.1) is 6.92 Å². The molecule has 0 N–H and O–H groups in total. The highest BCUT2D eigenvalue weighted by Gasteiger charge is 2.30. The Kier molecular flexibility index (Phi) is 3.69. The van der Waals surface area contributed by atoms with Crippen LogP contribution in [0.5, 0.6) is 0 Å². The third kappa shape index (κ3) is 2.50. The minimum atomic E-state index is -0.311. The third-order valence-corrected chi connectivity index (χ3v) is 4.20. The molecule has 0 saturated carbocycles. The zero-order valence-corrected chi connectivity index (χ0v) is 12.9. The molecule has 1 saturated heterocycles. The Labute approximate surface area is 127 Å². The molecular weight excluding hydrogens is 286 g/mol. The smallest absolute Gasteiger partial charge is 0.330 e. The normalized spacial score (nSPS) is 19.0. The second-order valence-electron chi connectivity index (χ2n) is 5.67. The summed E-state index contributed by atoms with van der Waals surface area (Å²) in [5.74, 6) is 1.21. The van der Waals surface area contributed by atoms with Crippen molar-refractivity contribution in [3.8, 4) is 0 Å². The standard InChI is InChI=1S/C14H19N5O3/c1-9-15-13(16-22-9)11-5-4-6-19(11)8-10-7-12(20)18(3)14(21)17(10)2/h7,11H,4-6,8H2,1-3H3/t11-/m0/s1. The Hall–Kier alpha value is -2.22. The van der Waals surface area contributed by atoms with Crippen molar-refractivity contribution in [2.45, 2.75) is 32.4 Å². The molecule has 3 rings (SSSR count). The maximum absolute atomic E-state index is 12.0. The fourth-order valence-corrected chi connectivity index (χ4v) is 2.90. The summed E-state index contributed by atoms with van der Waals surface area (Å²) < 4.78 is 7.67. The second-order valence-corrected chi connectivity index (χ2v) is 5.67. The Bertz CT molecular complexity index is 804. The monoisotopic (exact) mass is 305 g/mol. The summed E-state index contributed by atoms with van der Waals surface area (Å²) >= 11 is 0. The first-order valence-corrected chi connectivity index (χ1v) is 7.27. The maximum atomic E-state index is 12.0. The van der Waals surface area contributed by atoms with E-state index in [1.807, 2.05) is 0 Å². The van der Waals surface area contributed by atoms with E-state index in [1.54, 1.807) is 14.0 Å². The third-order valence-electron chi connectivity index (χ3n) is 4.20. The maximum Gasteiger partial charge on any atom is 0.330 e. The Morgan fingerprint density at radius 2 is 2.09 bits per heavy atom. The summed E-state index contributed by atoms with van der Waals surface area (Å²) in [4.78, 5) is 30.3. The number of hydrogen-bond donors (Lipinski definition) is 0. The lowest BCUT2D eigenvalue weighted by molar-refractivity contribution is 0.228. The van der Waals surface area contributed by atoms with Gasteiger partial charge in [-0.2, -0.15) is 4.98 Å². The molecule has 1 aliphatic rings. The van der Waals surface area contributed by atoms with Gasteiger partial charge in [0.15, 0.2) is 5.82 Å². The molecule has 0 unspecified atom stereocenters. The topological polar surface area (TPSA) is 86.2 Å². The lowest BCUT2D eigenvalue weighted by Crippen LogP contribution is -2.39. The Balaban J connectivity index is 1.90.